The van der Waals surface area contributed by atoms with E-state index < -0.39 is 0 Å². The van der Waals surface area contributed by atoms with Gasteiger partial charge in [-0.25, -0.2) is 4.98 Å². The van der Waals surface area contributed by atoms with Crippen LogP contribution in [0, 0.1) is 13.8 Å². The van der Waals surface area contributed by atoms with Crippen molar-refractivity contribution in [1.29, 1.82) is 0 Å². The van der Waals surface area contributed by atoms with E-state index in [-0.39, 0.29) is 0 Å². The van der Waals surface area contributed by atoms with Crippen molar-refractivity contribution in [2.24, 2.45) is 0 Å². The molecule has 1 aromatic heterocycles. The van der Waals surface area contributed by atoms with Crippen LogP contribution in [0.3, 0.4) is 0 Å². The first-order valence-corrected chi connectivity index (χ1v) is 9.70. The van der Waals surface area contributed by atoms with E-state index in [1.165, 1.54) is 29.7 Å². The first-order valence-electron chi connectivity index (χ1n) is 9.70. The lowest BCUT2D eigenvalue weighted by molar-refractivity contribution is 0.638. The van der Waals surface area contributed by atoms with Crippen molar-refractivity contribution >= 4 is 17.5 Å². The number of aryl methyl sites for hydroxylation is 1. The number of nitrogens with zero attached hydrogens (tertiary/aromatic N) is 5. The van der Waals surface area contributed by atoms with Crippen LogP contribution in [-0.4, -0.2) is 49.7 Å². The highest BCUT2D eigenvalue weighted by Gasteiger charge is 2.21. The van der Waals surface area contributed by atoms with E-state index in [2.05, 4.69) is 65.7 Å². The van der Waals surface area contributed by atoms with Crippen molar-refractivity contribution in [2.75, 3.05) is 54.5 Å². The summed E-state index contributed by atoms with van der Waals surface area (Å²) in [7, 11) is 2.11. The first kappa shape index (κ1) is 18.5. The van der Waals surface area contributed by atoms with Gasteiger partial charge in [-0.05, 0) is 43.5 Å². The Labute approximate surface area is 157 Å². The molecule has 1 aromatic carbocycles. The normalized spacial score (nSPS) is 14.6. The topological polar surface area (TPSA) is 35.5 Å². The van der Waals surface area contributed by atoms with Crippen LogP contribution in [0.15, 0.2) is 30.5 Å². The molecule has 5 nitrogen and oxygen atoms in total. The molecule has 0 unspecified atom stereocenters. The van der Waals surface area contributed by atoms with Crippen LogP contribution >= 0.6 is 0 Å². The predicted octanol–water partition coefficient (Wildman–Crippen LogP) is 3.66. The minimum absolute atomic E-state index is 0.853. The zero-order valence-electron chi connectivity index (χ0n) is 16.6. The van der Waals surface area contributed by atoms with E-state index in [0.29, 0.717) is 0 Å². The number of unbranched alkanes of at least 4 members (excludes halogenated alkanes) is 1. The van der Waals surface area contributed by atoms with Gasteiger partial charge in [0.1, 0.15) is 5.82 Å². The number of hydrogen-bond acceptors (Lipinski definition) is 5. The second-order valence-electron chi connectivity index (χ2n) is 7.18. The van der Waals surface area contributed by atoms with Gasteiger partial charge in [0.25, 0.3) is 0 Å². The highest BCUT2D eigenvalue weighted by Crippen LogP contribution is 2.25. The molecule has 2 heterocycles. The summed E-state index contributed by atoms with van der Waals surface area (Å²) in [4.78, 5) is 16.3. The molecular formula is C21H31N5. The third-order valence-electron chi connectivity index (χ3n) is 5.35. The van der Waals surface area contributed by atoms with Gasteiger partial charge in [0.05, 0.1) is 0 Å². The highest BCUT2D eigenvalue weighted by molar-refractivity contribution is 5.57. The Bertz CT molecular complexity index is 722. The summed E-state index contributed by atoms with van der Waals surface area (Å²) in [5, 5.41) is 0. The summed E-state index contributed by atoms with van der Waals surface area (Å²) in [6.07, 6.45) is 4.27. The van der Waals surface area contributed by atoms with Gasteiger partial charge in [-0.3, -0.25) is 0 Å². The average Bonchev–Trinajstić information content (AvgIpc) is 2.68. The van der Waals surface area contributed by atoms with Gasteiger partial charge in [0.15, 0.2) is 0 Å². The fourth-order valence-corrected chi connectivity index (χ4v) is 3.44. The van der Waals surface area contributed by atoms with Gasteiger partial charge in [0, 0.05) is 51.7 Å². The van der Waals surface area contributed by atoms with Crippen molar-refractivity contribution in [2.45, 2.75) is 33.6 Å². The maximum atomic E-state index is 4.80. The summed E-state index contributed by atoms with van der Waals surface area (Å²) in [6.45, 7) is 11.6. The molecule has 0 bridgehead atoms. The van der Waals surface area contributed by atoms with E-state index in [1.807, 2.05) is 12.3 Å². The smallest absolute Gasteiger partial charge is 0.227 e. The zero-order chi connectivity index (χ0) is 18.5. The third-order valence-corrected chi connectivity index (χ3v) is 5.35. The molecule has 1 fully saturated rings. The number of anilines is 3. The maximum Gasteiger partial charge on any atom is 0.227 e. The molecule has 0 amide bonds. The summed E-state index contributed by atoms with van der Waals surface area (Å²) < 4.78 is 0. The Kier molecular flexibility index (Phi) is 5.96. The van der Waals surface area contributed by atoms with Crippen molar-refractivity contribution < 1.29 is 0 Å². The molecule has 140 valence electrons. The Balaban J connectivity index is 1.65. The molecule has 0 radical (unpaired) electrons. The SMILES string of the molecule is CCCCN(C)c1ccnc(N2CCN(c3cccc(C)c3C)CC2)n1. The van der Waals surface area contributed by atoms with Crippen molar-refractivity contribution in [3.8, 4) is 0 Å². The summed E-state index contributed by atoms with van der Waals surface area (Å²) in [5.41, 5.74) is 4.10. The maximum absolute atomic E-state index is 4.80. The number of rotatable bonds is 6. The second-order valence-corrected chi connectivity index (χ2v) is 7.18. The van der Waals surface area contributed by atoms with Crippen LogP contribution in [0.25, 0.3) is 0 Å². The Morgan fingerprint density at radius 3 is 2.50 bits per heavy atom. The van der Waals surface area contributed by atoms with Crippen molar-refractivity contribution in [3.63, 3.8) is 0 Å². The fraction of sp³-hybridized carbons (Fsp3) is 0.524. The standard InChI is InChI=1S/C21H31N5/c1-5-6-12-24(4)20-10-11-22-21(23-20)26-15-13-25(14-16-26)19-9-7-8-17(2)18(19)3/h7-11H,5-6,12-16H2,1-4H3. The van der Waals surface area contributed by atoms with E-state index >= 15 is 0 Å². The van der Waals surface area contributed by atoms with Crippen LogP contribution in [0.1, 0.15) is 30.9 Å². The molecule has 0 N–H and O–H groups in total. The van der Waals surface area contributed by atoms with Crippen LogP contribution in [0.2, 0.25) is 0 Å². The lowest BCUT2D eigenvalue weighted by atomic mass is 10.1. The predicted molar refractivity (Wildman–Crippen MR) is 111 cm³/mol. The number of piperazine rings is 1. The number of benzene rings is 1. The number of hydrogen-bond donors (Lipinski definition) is 0. The van der Waals surface area contributed by atoms with E-state index in [9.17, 15) is 0 Å². The minimum atomic E-state index is 0.853. The summed E-state index contributed by atoms with van der Waals surface area (Å²) >= 11 is 0. The molecule has 1 aliphatic heterocycles. The molecule has 1 saturated heterocycles. The minimum Gasteiger partial charge on any atom is -0.368 e. The van der Waals surface area contributed by atoms with Crippen LogP contribution in [0.5, 0.6) is 0 Å². The van der Waals surface area contributed by atoms with Crippen LogP contribution in [-0.2, 0) is 0 Å². The van der Waals surface area contributed by atoms with Gasteiger partial charge in [0.2, 0.25) is 5.95 Å². The van der Waals surface area contributed by atoms with E-state index in [1.54, 1.807) is 0 Å². The Morgan fingerprint density at radius 2 is 1.77 bits per heavy atom. The van der Waals surface area contributed by atoms with E-state index in [0.717, 1.165) is 44.5 Å². The van der Waals surface area contributed by atoms with Gasteiger partial charge >= 0.3 is 0 Å². The molecule has 3 rings (SSSR count). The molecule has 0 saturated carbocycles. The lowest BCUT2D eigenvalue weighted by Crippen LogP contribution is -2.47. The molecule has 5 heteroatoms. The molecule has 1 aliphatic rings. The summed E-state index contributed by atoms with van der Waals surface area (Å²) in [5.74, 6) is 1.87. The van der Waals surface area contributed by atoms with Crippen molar-refractivity contribution in [1.82, 2.24) is 9.97 Å². The molecule has 2 aromatic rings. The lowest BCUT2D eigenvalue weighted by Gasteiger charge is -2.37. The number of aromatic nitrogens is 2. The van der Waals surface area contributed by atoms with Crippen LogP contribution < -0.4 is 14.7 Å². The fourth-order valence-electron chi connectivity index (χ4n) is 3.44. The van der Waals surface area contributed by atoms with Gasteiger partial charge in [-0.1, -0.05) is 25.5 Å². The zero-order valence-corrected chi connectivity index (χ0v) is 16.6. The second kappa shape index (κ2) is 8.39. The van der Waals surface area contributed by atoms with Gasteiger partial charge < -0.3 is 14.7 Å². The molecule has 0 spiro atoms. The summed E-state index contributed by atoms with van der Waals surface area (Å²) in [6, 6.07) is 8.58. The Hall–Kier alpha value is -2.30. The Morgan fingerprint density at radius 1 is 1.04 bits per heavy atom. The molecule has 0 atom stereocenters. The highest BCUT2D eigenvalue weighted by atomic mass is 15.3. The van der Waals surface area contributed by atoms with Crippen molar-refractivity contribution in [3.05, 3.63) is 41.6 Å². The molecule has 26 heavy (non-hydrogen) atoms. The van der Waals surface area contributed by atoms with Gasteiger partial charge in [-0.2, -0.15) is 4.98 Å². The largest absolute Gasteiger partial charge is 0.368 e. The molecular weight excluding hydrogens is 322 g/mol. The van der Waals surface area contributed by atoms with Gasteiger partial charge in [-0.15, -0.1) is 0 Å². The van der Waals surface area contributed by atoms with Crippen LogP contribution in [0.4, 0.5) is 17.5 Å². The monoisotopic (exact) mass is 353 g/mol. The quantitative estimate of drug-likeness (QED) is 0.792. The third kappa shape index (κ3) is 4.09. The first-order chi connectivity index (χ1) is 12.6. The molecule has 0 aliphatic carbocycles. The average molecular weight is 354 g/mol. The van der Waals surface area contributed by atoms with E-state index in [4.69, 9.17) is 4.98 Å².